The van der Waals surface area contributed by atoms with Gasteiger partial charge >= 0.3 is 5.97 Å². The van der Waals surface area contributed by atoms with Crippen molar-refractivity contribution in [2.45, 2.75) is 23.0 Å². The Morgan fingerprint density at radius 3 is 2.77 bits per heavy atom. The largest absolute Gasteiger partial charge is 0.477 e. The first-order valence-corrected chi connectivity index (χ1v) is 11.8. The summed E-state index contributed by atoms with van der Waals surface area (Å²) in [7, 11) is 1.71. The lowest BCUT2D eigenvalue weighted by atomic mass is 10.0. The van der Waals surface area contributed by atoms with Crippen molar-refractivity contribution < 1.29 is 19.5 Å². The van der Waals surface area contributed by atoms with Crippen LogP contribution in [0.5, 0.6) is 0 Å². The van der Waals surface area contributed by atoms with Crippen LogP contribution in [0.4, 0.5) is 11.1 Å². The van der Waals surface area contributed by atoms with E-state index < -0.39 is 23.3 Å². The summed E-state index contributed by atoms with van der Waals surface area (Å²) in [6, 6.07) is -0.782. The molecule has 0 spiro atoms. The van der Waals surface area contributed by atoms with Crippen molar-refractivity contribution >= 4 is 63.7 Å². The zero-order valence-electron chi connectivity index (χ0n) is 16.1. The van der Waals surface area contributed by atoms with Crippen molar-refractivity contribution in [3.8, 4) is 0 Å². The van der Waals surface area contributed by atoms with Gasteiger partial charge in [-0.1, -0.05) is 11.8 Å². The number of carboxylic acids is 1. The van der Waals surface area contributed by atoms with E-state index in [9.17, 15) is 19.5 Å². The fourth-order valence-corrected chi connectivity index (χ4v) is 6.16. The Balaban J connectivity index is 1.44. The molecule has 164 valence electrons. The van der Waals surface area contributed by atoms with E-state index >= 15 is 0 Å². The molecular weight excluding hydrogens is 464 g/mol. The summed E-state index contributed by atoms with van der Waals surface area (Å²) in [5.41, 5.74) is 12.3. The number of amides is 2. The summed E-state index contributed by atoms with van der Waals surface area (Å²) in [6.07, 6.45) is -0.000779. The van der Waals surface area contributed by atoms with Crippen LogP contribution in [0.1, 0.15) is 5.69 Å². The molecule has 2 aliphatic rings. The molecule has 6 N–H and O–H groups in total. The van der Waals surface area contributed by atoms with Crippen LogP contribution in [-0.4, -0.2) is 70.5 Å². The number of fused-ring (bicyclic) bond motifs is 1. The predicted octanol–water partition coefficient (Wildman–Crippen LogP) is -0.491. The molecule has 1 unspecified atom stereocenters. The molecule has 2 aromatic heterocycles. The first kappa shape index (κ1) is 21.5. The summed E-state index contributed by atoms with van der Waals surface area (Å²) in [5.74, 6) is -1.03. The molecule has 1 fully saturated rings. The monoisotopic (exact) mass is 482 g/mol. The highest BCUT2D eigenvalue weighted by atomic mass is 32.2. The minimum atomic E-state index is -1.19. The third-order valence-corrected chi connectivity index (χ3v) is 7.89. The zero-order valence-corrected chi connectivity index (χ0v) is 18.6. The summed E-state index contributed by atoms with van der Waals surface area (Å²) >= 11 is 3.93. The zero-order chi connectivity index (χ0) is 22.3. The molecule has 4 heterocycles. The molecule has 0 radical (unpaired) electrons. The number of β-lactam (4-membered cyclic amide) rings is 1. The van der Waals surface area contributed by atoms with Gasteiger partial charge in [0.05, 0.1) is 12.1 Å². The van der Waals surface area contributed by atoms with Gasteiger partial charge in [-0.25, -0.2) is 9.78 Å². The maximum absolute atomic E-state index is 12.7. The van der Waals surface area contributed by atoms with Gasteiger partial charge in [-0.05, 0) is 5.57 Å². The number of anilines is 2. The Morgan fingerprint density at radius 2 is 2.16 bits per heavy atom. The Hall–Kier alpha value is -2.78. The van der Waals surface area contributed by atoms with E-state index in [1.54, 1.807) is 17.0 Å². The van der Waals surface area contributed by atoms with E-state index in [-0.39, 0.29) is 24.0 Å². The van der Waals surface area contributed by atoms with E-state index in [2.05, 4.69) is 20.5 Å². The van der Waals surface area contributed by atoms with E-state index in [1.807, 2.05) is 0 Å². The van der Waals surface area contributed by atoms with Crippen molar-refractivity contribution in [1.82, 2.24) is 30.0 Å². The maximum Gasteiger partial charge on any atom is 0.352 e. The number of aliphatic carboxylic acids is 1. The number of carboxylic acid groups (broad SMARTS) is 1. The van der Waals surface area contributed by atoms with E-state index in [0.717, 1.165) is 0 Å². The quantitative estimate of drug-likeness (QED) is 0.295. The Morgan fingerprint density at radius 1 is 1.39 bits per heavy atom. The summed E-state index contributed by atoms with van der Waals surface area (Å²) in [5, 5.41) is 22.3. The molecule has 2 atom stereocenters. The molecule has 2 aromatic rings. The third-order valence-electron chi connectivity index (χ3n) is 4.72. The second-order valence-corrected chi connectivity index (χ2v) is 9.69. The minimum absolute atomic E-state index is 0.000779. The van der Waals surface area contributed by atoms with Crippen molar-refractivity contribution in [1.29, 1.82) is 0 Å². The number of thioether (sulfide) groups is 2. The molecule has 0 aliphatic carbocycles. The van der Waals surface area contributed by atoms with Gasteiger partial charge in [0.25, 0.3) is 5.91 Å². The smallest absolute Gasteiger partial charge is 0.352 e. The van der Waals surface area contributed by atoms with Crippen LogP contribution in [-0.2, 0) is 27.9 Å². The lowest BCUT2D eigenvalue weighted by Crippen LogP contribution is -2.70. The Labute approximate surface area is 188 Å². The van der Waals surface area contributed by atoms with Crippen molar-refractivity contribution in [3.63, 3.8) is 0 Å². The number of thiazole rings is 1. The first-order valence-electron chi connectivity index (χ1n) is 8.93. The summed E-state index contributed by atoms with van der Waals surface area (Å²) in [4.78, 5) is 42.2. The van der Waals surface area contributed by atoms with Gasteiger partial charge in [0.15, 0.2) is 10.3 Å². The second kappa shape index (κ2) is 8.39. The highest BCUT2D eigenvalue weighted by Gasteiger charge is 2.54. The number of nitrogen functional groups attached to an aromatic ring is 2. The molecular formula is C16H18N8O4S3. The molecule has 2 amide bonds. The number of hydrogen-bond acceptors (Lipinski definition) is 11. The maximum atomic E-state index is 12.7. The standard InChI is InChI=1S/C16H18N8O4S3/c1-23-14(17)21-22-16(23)31-4-6-3-29-12-9(11(26)24(12)10(6)13(27)28)20-8(25)2-7-5-30-15(18)19-7/h5,9,12H,2-4H2,1H3,(H2,17,21)(H2,18,19)(H,20,25)(H,27,28)/t9?,12-/m0/s1. The van der Waals surface area contributed by atoms with Crippen LogP contribution in [0.15, 0.2) is 21.8 Å². The average Bonchev–Trinajstić information content (AvgIpc) is 3.28. The van der Waals surface area contributed by atoms with E-state index in [1.165, 1.54) is 39.8 Å². The highest BCUT2D eigenvalue weighted by Crippen LogP contribution is 2.41. The van der Waals surface area contributed by atoms with Crippen LogP contribution in [0.2, 0.25) is 0 Å². The van der Waals surface area contributed by atoms with Crippen molar-refractivity contribution in [2.24, 2.45) is 7.05 Å². The second-order valence-electron chi connectivity index (χ2n) is 6.75. The highest BCUT2D eigenvalue weighted by molar-refractivity contribution is 8.01. The molecule has 0 bridgehead atoms. The SMILES string of the molecule is Cn1c(N)nnc1SCC1=C(C(=O)O)N2C(=O)C(NC(=O)Cc3csc(N)n3)[C@@H]2SC1. The molecule has 12 nitrogen and oxygen atoms in total. The van der Waals surface area contributed by atoms with E-state index in [4.69, 9.17) is 11.5 Å². The number of carbonyl (C=O) groups excluding carboxylic acids is 2. The first-order chi connectivity index (χ1) is 14.8. The fraction of sp³-hybridized carbons (Fsp3) is 0.375. The van der Waals surface area contributed by atoms with Gasteiger partial charge < -0.3 is 21.9 Å². The molecule has 1 saturated heterocycles. The van der Waals surface area contributed by atoms with Crippen molar-refractivity contribution in [2.75, 3.05) is 23.0 Å². The number of aromatic nitrogens is 4. The number of nitrogens with two attached hydrogens (primary N) is 2. The van der Waals surface area contributed by atoms with Gasteiger partial charge in [0.2, 0.25) is 11.9 Å². The van der Waals surface area contributed by atoms with Gasteiger partial charge in [0.1, 0.15) is 17.1 Å². The van der Waals surface area contributed by atoms with Crippen LogP contribution < -0.4 is 16.8 Å². The number of nitrogens with zero attached hydrogens (tertiary/aromatic N) is 5. The lowest BCUT2D eigenvalue weighted by molar-refractivity contribution is -0.150. The van der Waals surface area contributed by atoms with E-state index in [0.29, 0.717) is 33.1 Å². The lowest BCUT2D eigenvalue weighted by Gasteiger charge is -2.49. The van der Waals surface area contributed by atoms with Crippen LogP contribution in [0, 0.1) is 0 Å². The Bertz CT molecular complexity index is 1100. The molecule has 0 aromatic carbocycles. The molecule has 15 heteroatoms. The molecule has 4 rings (SSSR count). The molecule has 0 saturated carbocycles. The molecule has 2 aliphatic heterocycles. The molecule has 31 heavy (non-hydrogen) atoms. The van der Waals surface area contributed by atoms with Gasteiger partial charge in [-0.15, -0.1) is 33.3 Å². The fourth-order valence-electron chi connectivity index (χ4n) is 3.19. The number of rotatable bonds is 7. The summed E-state index contributed by atoms with van der Waals surface area (Å²) < 4.78 is 1.60. The number of nitrogens with one attached hydrogen (secondary N) is 1. The third kappa shape index (κ3) is 4.07. The van der Waals surface area contributed by atoms with Gasteiger partial charge in [0, 0.05) is 23.9 Å². The number of carbonyl (C=O) groups is 3. The Kier molecular flexibility index (Phi) is 5.81. The van der Waals surface area contributed by atoms with Crippen LogP contribution in [0.3, 0.4) is 0 Å². The van der Waals surface area contributed by atoms with Crippen molar-refractivity contribution in [3.05, 3.63) is 22.3 Å². The van der Waals surface area contributed by atoms with Crippen LogP contribution >= 0.6 is 34.9 Å². The minimum Gasteiger partial charge on any atom is -0.477 e. The normalized spacial score (nSPS) is 20.4. The number of hydrogen-bond donors (Lipinski definition) is 4. The predicted molar refractivity (Wildman–Crippen MR) is 116 cm³/mol. The summed E-state index contributed by atoms with van der Waals surface area (Å²) in [6.45, 7) is 0. The van der Waals surface area contributed by atoms with Gasteiger partial charge in [-0.3, -0.25) is 19.1 Å². The topological polar surface area (TPSA) is 182 Å². The average molecular weight is 483 g/mol. The van der Waals surface area contributed by atoms with Crippen LogP contribution in [0.25, 0.3) is 0 Å². The van der Waals surface area contributed by atoms with Gasteiger partial charge in [-0.2, -0.15) is 0 Å².